The van der Waals surface area contributed by atoms with E-state index in [0.29, 0.717) is 6.54 Å². The number of nitrogens with zero attached hydrogens (tertiary/aromatic N) is 3. The predicted molar refractivity (Wildman–Crippen MR) is 58.3 cm³/mol. The molecule has 1 N–H and O–H groups in total. The molecule has 4 nitrogen and oxygen atoms in total. The monoisotopic (exact) mass is 200 g/mol. The lowest BCUT2D eigenvalue weighted by atomic mass is 10.3. The van der Waals surface area contributed by atoms with Crippen LogP contribution in [0.2, 0.25) is 0 Å². The first kappa shape index (κ1) is 9.58. The lowest BCUT2D eigenvalue weighted by Crippen LogP contribution is -2.04. The summed E-state index contributed by atoms with van der Waals surface area (Å²) in [5, 5.41) is 3.23. The third-order valence-electron chi connectivity index (χ3n) is 2.09. The predicted octanol–water partition coefficient (Wildman–Crippen LogP) is 1.79. The first-order valence-corrected chi connectivity index (χ1v) is 4.76. The zero-order chi connectivity index (χ0) is 10.5. The quantitative estimate of drug-likeness (QED) is 0.820. The third-order valence-corrected chi connectivity index (χ3v) is 2.09. The van der Waals surface area contributed by atoms with Crippen molar-refractivity contribution in [3.63, 3.8) is 0 Å². The topological polar surface area (TPSA) is 50.7 Å². The van der Waals surface area contributed by atoms with Gasteiger partial charge in [0.15, 0.2) is 0 Å². The standard InChI is InChI=1S/C11H12N4/c1-9-3-2-5-13-11(9)14-7-10-4-6-12-8-15-10/h2-6,8H,7H2,1H3,(H,13,14). The molecule has 0 amide bonds. The van der Waals surface area contributed by atoms with Crippen molar-refractivity contribution in [3.8, 4) is 0 Å². The molecule has 2 rings (SSSR count). The Morgan fingerprint density at radius 2 is 2.13 bits per heavy atom. The molecule has 76 valence electrons. The molecule has 0 saturated heterocycles. The summed E-state index contributed by atoms with van der Waals surface area (Å²) in [6.45, 7) is 2.69. The van der Waals surface area contributed by atoms with Gasteiger partial charge in [-0.2, -0.15) is 0 Å². The Morgan fingerprint density at radius 1 is 1.20 bits per heavy atom. The average Bonchev–Trinajstić information content (AvgIpc) is 2.29. The van der Waals surface area contributed by atoms with Crippen molar-refractivity contribution in [3.05, 3.63) is 48.2 Å². The van der Waals surface area contributed by atoms with E-state index in [2.05, 4.69) is 20.3 Å². The summed E-state index contributed by atoms with van der Waals surface area (Å²) in [7, 11) is 0. The summed E-state index contributed by atoms with van der Waals surface area (Å²) in [6, 6.07) is 5.83. The van der Waals surface area contributed by atoms with Crippen LogP contribution in [0, 0.1) is 6.92 Å². The molecule has 2 aromatic rings. The Bertz CT molecular complexity index is 428. The lowest BCUT2D eigenvalue weighted by molar-refractivity contribution is 0.992. The molecule has 15 heavy (non-hydrogen) atoms. The van der Waals surface area contributed by atoms with Crippen molar-refractivity contribution in [1.82, 2.24) is 15.0 Å². The van der Waals surface area contributed by atoms with Gasteiger partial charge >= 0.3 is 0 Å². The van der Waals surface area contributed by atoms with Crippen molar-refractivity contribution < 1.29 is 0 Å². The molecule has 0 atom stereocenters. The Kier molecular flexibility index (Phi) is 2.88. The van der Waals surface area contributed by atoms with Crippen molar-refractivity contribution in [2.24, 2.45) is 0 Å². The largest absolute Gasteiger partial charge is 0.364 e. The smallest absolute Gasteiger partial charge is 0.129 e. The fourth-order valence-electron chi connectivity index (χ4n) is 1.27. The molecular formula is C11H12N4. The molecular weight excluding hydrogens is 188 g/mol. The van der Waals surface area contributed by atoms with Crippen LogP contribution in [0.15, 0.2) is 36.9 Å². The van der Waals surface area contributed by atoms with Gasteiger partial charge in [0.2, 0.25) is 0 Å². The van der Waals surface area contributed by atoms with E-state index in [0.717, 1.165) is 17.1 Å². The summed E-state index contributed by atoms with van der Waals surface area (Å²) in [5.74, 6) is 0.899. The summed E-state index contributed by atoms with van der Waals surface area (Å²) < 4.78 is 0. The highest BCUT2D eigenvalue weighted by Gasteiger charge is 1.98. The van der Waals surface area contributed by atoms with Crippen LogP contribution in [0.1, 0.15) is 11.3 Å². The minimum Gasteiger partial charge on any atom is -0.364 e. The fraction of sp³-hybridized carbons (Fsp3) is 0.182. The number of aryl methyl sites for hydroxylation is 1. The molecule has 0 bridgehead atoms. The van der Waals surface area contributed by atoms with Crippen LogP contribution in [-0.2, 0) is 6.54 Å². The van der Waals surface area contributed by atoms with Gasteiger partial charge < -0.3 is 5.32 Å². The van der Waals surface area contributed by atoms with Gasteiger partial charge in [-0.3, -0.25) is 0 Å². The second-order valence-electron chi connectivity index (χ2n) is 3.22. The fourth-order valence-corrected chi connectivity index (χ4v) is 1.27. The summed E-state index contributed by atoms with van der Waals surface area (Å²) in [4.78, 5) is 12.2. The minimum atomic E-state index is 0.667. The van der Waals surface area contributed by atoms with Crippen molar-refractivity contribution in [2.45, 2.75) is 13.5 Å². The van der Waals surface area contributed by atoms with E-state index in [1.54, 1.807) is 18.7 Å². The van der Waals surface area contributed by atoms with Crippen LogP contribution < -0.4 is 5.32 Å². The maximum absolute atomic E-state index is 4.24. The molecule has 0 radical (unpaired) electrons. The number of hydrogen-bond donors (Lipinski definition) is 1. The maximum Gasteiger partial charge on any atom is 0.129 e. The van der Waals surface area contributed by atoms with Crippen LogP contribution in [0.4, 0.5) is 5.82 Å². The average molecular weight is 200 g/mol. The van der Waals surface area contributed by atoms with Gasteiger partial charge in [0.1, 0.15) is 12.1 Å². The number of anilines is 1. The molecule has 0 aliphatic heterocycles. The van der Waals surface area contributed by atoms with Gasteiger partial charge in [0.25, 0.3) is 0 Å². The molecule has 4 heteroatoms. The molecule has 0 saturated carbocycles. The zero-order valence-electron chi connectivity index (χ0n) is 8.51. The Balaban J connectivity index is 2.03. The molecule has 0 aromatic carbocycles. The van der Waals surface area contributed by atoms with Gasteiger partial charge in [0, 0.05) is 12.4 Å². The van der Waals surface area contributed by atoms with E-state index in [4.69, 9.17) is 0 Å². The Hall–Kier alpha value is -1.97. The van der Waals surface area contributed by atoms with Gasteiger partial charge in [-0.15, -0.1) is 0 Å². The summed E-state index contributed by atoms with van der Waals surface area (Å²) in [5.41, 5.74) is 2.08. The van der Waals surface area contributed by atoms with E-state index in [1.807, 2.05) is 25.1 Å². The van der Waals surface area contributed by atoms with Gasteiger partial charge in [-0.05, 0) is 24.6 Å². The number of aromatic nitrogens is 3. The van der Waals surface area contributed by atoms with Crippen molar-refractivity contribution in [2.75, 3.05) is 5.32 Å². The Morgan fingerprint density at radius 3 is 2.87 bits per heavy atom. The lowest BCUT2D eigenvalue weighted by Gasteiger charge is -2.06. The first-order valence-electron chi connectivity index (χ1n) is 4.76. The van der Waals surface area contributed by atoms with Crippen LogP contribution in [-0.4, -0.2) is 15.0 Å². The van der Waals surface area contributed by atoms with E-state index in [-0.39, 0.29) is 0 Å². The Labute approximate surface area is 88.4 Å². The zero-order valence-corrected chi connectivity index (χ0v) is 8.51. The SMILES string of the molecule is Cc1cccnc1NCc1ccncn1. The molecule has 2 aromatic heterocycles. The van der Waals surface area contributed by atoms with Crippen LogP contribution in [0.25, 0.3) is 0 Å². The number of rotatable bonds is 3. The molecule has 0 aliphatic carbocycles. The van der Waals surface area contributed by atoms with E-state index < -0.39 is 0 Å². The number of pyridine rings is 1. The number of nitrogens with one attached hydrogen (secondary N) is 1. The highest BCUT2D eigenvalue weighted by Crippen LogP contribution is 2.09. The van der Waals surface area contributed by atoms with Gasteiger partial charge in [0.05, 0.1) is 12.2 Å². The minimum absolute atomic E-state index is 0.667. The van der Waals surface area contributed by atoms with E-state index in [1.165, 1.54) is 0 Å². The third kappa shape index (κ3) is 2.49. The van der Waals surface area contributed by atoms with E-state index in [9.17, 15) is 0 Å². The van der Waals surface area contributed by atoms with Crippen LogP contribution >= 0.6 is 0 Å². The van der Waals surface area contributed by atoms with Crippen molar-refractivity contribution >= 4 is 5.82 Å². The molecule has 2 heterocycles. The molecule has 0 spiro atoms. The molecule has 0 fully saturated rings. The molecule has 0 unspecified atom stereocenters. The van der Waals surface area contributed by atoms with Gasteiger partial charge in [-0.25, -0.2) is 15.0 Å². The molecule has 0 aliphatic rings. The highest BCUT2D eigenvalue weighted by molar-refractivity contribution is 5.42. The van der Waals surface area contributed by atoms with Gasteiger partial charge in [-0.1, -0.05) is 6.07 Å². The second kappa shape index (κ2) is 4.50. The van der Waals surface area contributed by atoms with E-state index >= 15 is 0 Å². The maximum atomic E-state index is 4.24. The number of hydrogen-bond acceptors (Lipinski definition) is 4. The normalized spacial score (nSPS) is 9.93. The summed E-state index contributed by atoms with van der Waals surface area (Å²) in [6.07, 6.45) is 5.05. The second-order valence-corrected chi connectivity index (χ2v) is 3.22. The highest BCUT2D eigenvalue weighted by atomic mass is 15.0. The first-order chi connectivity index (χ1) is 7.36. The van der Waals surface area contributed by atoms with Crippen molar-refractivity contribution in [1.29, 1.82) is 0 Å². The van der Waals surface area contributed by atoms with Crippen LogP contribution in [0.5, 0.6) is 0 Å². The summed E-state index contributed by atoms with van der Waals surface area (Å²) >= 11 is 0. The van der Waals surface area contributed by atoms with Crippen LogP contribution in [0.3, 0.4) is 0 Å².